The van der Waals surface area contributed by atoms with Crippen molar-refractivity contribution in [3.63, 3.8) is 0 Å². The van der Waals surface area contributed by atoms with Gasteiger partial charge >= 0.3 is 0 Å². The van der Waals surface area contributed by atoms with Gasteiger partial charge in [-0.05, 0) is 19.3 Å². The summed E-state index contributed by atoms with van der Waals surface area (Å²) < 4.78 is 5.52. The first-order valence-corrected chi connectivity index (χ1v) is 6.33. The summed E-state index contributed by atoms with van der Waals surface area (Å²) >= 11 is 7.69. The molecule has 0 radical (unpaired) electrons. The van der Waals surface area contributed by atoms with Gasteiger partial charge in [0, 0.05) is 23.3 Å². The molecular weight excluding hydrogens is 218 g/mol. The van der Waals surface area contributed by atoms with Crippen molar-refractivity contribution in [1.29, 1.82) is 0 Å². The molecule has 1 aromatic rings. The SMILES string of the molecule is ClCC1(Cc2cscn2)CCCOC1. The van der Waals surface area contributed by atoms with E-state index in [-0.39, 0.29) is 5.41 Å². The van der Waals surface area contributed by atoms with E-state index in [9.17, 15) is 0 Å². The molecule has 0 aliphatic carbocycles. The van der Waals surface area contributed by atoms with Crippen molar-refractivity contribution in [2.75, 3.05) is 19.1 Å². The fraction of sp³-hybridized carbons (Fsp3) is 0.700. The van der Waals surface area contributed by atoms with Gasteiger partial charge in [0.25, 0.3) is 0 Å². The number of nitrogens with zero attached hydrogens (tertiary/aromatic N) is 1. The van der Waals surface area contributed by atoms with Crippen molar-refractivity contribution in [3.8, 4) is 0 Å². The molecule has 14 heavy (non-hydrogen) atoms. The van der Waals surface area contributed by atoms with Crippen LogP contribution in [0.1, 0.15) is 18.5 Å². The Morgan fingerprint density at radius 3 is 3.14 bits per heavy atom. The predicted octanol–water partition coefficient (Wildman–Crippen LogP) is 2.72. The van der Waals surface area contributed by atoms with Crippen molar-refractivity contribution in [1.82, 2.24) is 4.98 Å². The van der Waals surface area contributed by atoms with Crippen LogP contribution >= 0.6 is 22.9 Å². The zero-order valence-corrected chi connectivity index (χ0v) is 9.61. The zero-order chi connectivity index (χ0) is 9.86. The van der Waals surface area contributed by atoms with Gasteiger partial charge in [0.1, 0.15) is 0 Å². The Bertz CT molecular complexity index is 270. The number of aromatic nitrogens is 1. The number of halogens is 1. The standard InChI is InChI=1S/C10H14ClNOS/c11-6-10(2-1-3-13-7-10)4-9-5-14-8-12-9/h5,8H,1-4,6-7H2. The van der Waals surface area contributed by atoms with E-state index in [1.807, 2.05) is 5.51 Å². The Hall–Kier alpha value is -0.120. The van der Waals surface area contributed by atoms with Crippen LogP contribution in [-0.4, -0.2) is 24.1 Å². The largest absolute Gasteiger partial charge is 0.381 e. The van der Waals surface area contributed by atoms with Crippen LogP contribution in [0.25, 0.3) is 0 Å². The molecule has 2 heterocycles. The topological polar surface area (TPSA) is 22.1 Å². The van der Waals surface area contributed by atoms with Crippen LogP contribution < -0.4 is 0 Å². The molecule has 0 N–H and O–H groups in total. The lowest BCUT2D eigenvalue weighted by molar-refractivity contribution is 0.00437. The maximum atomic E-state index is 6.05. The Labute approximate surface area is 93.3 Å². The first-order valence-electron chi connectivity index (χ1n) is 4.85. The lowest BCUT2D eigenvalue weighted by Gasteiger charge is -2.34. The van der Waals surface area contributed by atoms with Gasteiger partial charge in [-0.15, -0.1) is 22.9 Å². The van der Waals surface area contributed by atoms with E-state index in [2.05, 4.69) is 10.4 Å². The molecule has 1 unspecified atom stereocenters. The smallest absolute Gasteiger partial charge is 0.0794 e. The number of hydrogen-bond acceptors (Lipinski definition) is 3. The minimum Gasteiger partial charge on any atom is -0.381 e. The second-order valence-electron chi connectivity index (χ2n) is 3.95. The van der Waals surface area contributed by atoms with Crippen molar-refractivity contribution >= 4 is 22.9 Å². The number of alkyl halides is 1. The summed E-state index contributed by atoms with van der Waals surface area (Å²) in [6, 6.07) is 0. The van der Waals surface area contributed by atoms with Gasteiger partial charge in [-0.1, -0.05) is 0 Å². The number of hydrogen-bond donors (Lipinski definition) is 0. The Morgan fingerprint density at radius 1 is 1.64 bits per heavy atom. The molecule has 0 bridgehead atoms. The molecule has 2 rings (SSSR count). The van der Waals surface area contributed by atoms with Gasteiger partial charge in [0.15, 0.2) is 0 Å². The molecule has 1 atom stereocenters. The van der Waals surface area contributed by atoms with Crippen LogP contribution in [0.4, 0.5) is 0 Å². The molecule has 0 saturated carbocycles. The maximum Gasteiger partial charge on any atom is 0.0794 e. The van der Waals surface area contributed by atoms with Gasteiger partial charge in [-0.25, -0.2) is 4.98 Å². The quantitative estimate of drug-likeness (QED) is 0.747. The molecule has 1 aromatic heterocycles. The number of ether oxygens (including phenoxy) is 1. The van der Waals surface area contributed by atoms with Crippen molar-refractivity contribution < 1.29 is 4.74 Å². The monoisotopic (exact) mass is 231 g/mol. The van der Waals surface area contributed by atoms with Crippen molar-refractivity contribution in [2.24, 2.45) is 5.41 Å². The second kappa shape index (κ2) is 4.60. The molecule has 1 aliphatic heterocycles. The van der Waals surface area contributed by atoms with Gasteiger partial charge in [-0.3, -0.25) is 0 Å². The molecule has 78 valence electrons. The van der Waals surface area contributed by atoms with E-state index < -0.39 is 0 Å². The highest BCUT2D eigenvalue weighted by molar-refractivity contribution is 7.07. The van der Waals surface area contributed by atoms with E-state index in [1.165, 1.54) is 0 Å². The minimum absolute atomic E-state index is 0.133. The summed E-state index contributed by atoms with van der Waals surface area (Å²) in [6.45, 7) is 1.67. The lowest BCUT2D eigenvalue weighted by atomic mass is 9.80. The fourth-order valence-corrected chi connectivity index (χ4v) is 2.77. The molecule has 1 fully saturated rings. The summed E-state index contributed by atoms with van der Waals surface area (Å²) in [7, 11) is 0. The Kier molecular flexibility index (Phi) is 3.42. The average molecular weight is 232 g/mol. The highest BCUT2D eigenvalue weighted by Gasteiger charge is 2.32. The molecular formula is C10H14ClNOS. The van der Waals surface area contributed by atoms with Crippen molar-refractivity contribution in [3.05, 3.63) is 16.6 Å². The van der Waals surface area contributed by atoms with E-state index >= 15 is 0 Å². The van der Waals surface area contributed by atoms with Crippen LogP contribution in [-0.2, 0) is 11.2 Å². The molecule has 0 aromatic carbocycles. The molecule has 4 heteroatoms. The average Bonchev–Trinajstić information content (AvgIpc) is 2.72. The maximum absolute atomic E-state index is 6.05. The van der Waals surface area contributed by atoms with Crippen LogP contribution in [0.2, 0.25) is 0 Å². The minimum atomic E-state index is 0.133. The van der Waals surface area contributed by atoms with Gasteiger partial charge in [0.2, 0.25) is 0 Å². The highest BCUT2D eigenvalue weighted by Crippen LogP contribution is 2.33. The third kappa shape index (κ3) is 2.27. The van der Waals surface area contributed by atoms with Crippen LogP contribution in [0.5, 0.6) is 0 Å². The van der Waals surface area contributed by atoms with Crippen molar-refractivity contribution in [2.45, 2.75) is 19.3 Å². The summed E-state index contributed by atoms with van der Waals surface area (Å²) in [5.74, 6) is 0.671. The fourth-order valence-electron chi connectivity index (χ4n) is 1.91. The summed E-state index contributed by atoms with van der Waals surface area (Å²) in [6.07, 6.45) is 3.24. The lowest BCUT2D eigenvalue weighted by Crippen LogP contribution is -2.35. The zero-order valence-electron chi connectivity index (χ0n) is 8.04. The normalized spacial score (nSPS) is 27.8. The third-order valence-corrected chi connectivity index (χ3v) is 3.93. The van der Waals surface area contributed by atoms with E-state index in [0.717, 1.165) is 38.2 Å². The Balaban J connectivity index is 2.04. The highest BCUT2D eigenvalue weighted by atomic mass is 35.5. The number of rotatable bonds is 3. The van der Waals surface area contributed by atoms with E-state index in [0.29, 0.717) is 5.88 Å². The van der Waals surface area contributed by atoms with Gasteiger partial charge in [0.05, 0.1) is 17.8 Å². The predicted molar refractivity (Wildman–Crippen MR) is 59.0 cm³/mol. The third-order valence-electron chi connectivity index (χ3n) is 2.73. The van der Waals surface area contributed by atoms with Crippen LogP contribution in [0, 0.1) is 5.41 Å². The number of thiazole rings is 1. The molecule has 1 saturated heterocycles. The first kappa shape index (κ1) is 10.4. The molecule has 0 spiro atoms. The molecule has 0 amide bonds. The summed E-state index contributed by atoms with van der Waals surface area (Å²) in [5, 5.41) is 2.10. The van der Waals surface area contributed by atoms with Gasteiger partial charge < -0.3 is 4.74 Å². The van der Waals surface area contributed by atoms with E-state index in [4.69, 9.17) is 16.3 Å². The summed E-state index contributed by atoms with van der Waals surface area (Å²) in [4.78, 5) is 4.31. The van der Waals surface area contributed by atoms with E-state index in [1.54, 1.807) is 11.3 Å². The molecule has 2 nitrogen and oxygen atoms in total. The van der Waals surface area contributed by atoms with Crippen LogP contribution in [0.3, 0.4) is 0 Å². The summed E-state index contributed by atoms with van der Waals surface area (Å²) in [5.41, 5.74) is 3.16. The van der Waals surface area contributed by atoms with Gasteiger partial charge in [-0.2, -0.15) is 0 Å². The molecule has 1 aliphatic rings. The second-order valence-corrected chi connectivity index (χ2v) is 4.93. The Morgan fingerprint density at radius 2 is 2.57 bits per heavy atom. The van der Waals surface area contributed by atoms with Crippen LogP contribution in [0.15, 0.2) is 10.9 Å². The first-order chi connectivity index (χ1) is 6.85.